The Hall–Kier alpha value is -2.48. The molecule has 1 fully saturated rings. The van der Waals surface area contributed by atoms with Crippen LogP contribution in [-0.2, 0) is 4.79 Å². The molecule has 150 valence electrons. The average Bonchev–Trinajstić information content (AvgIpc) is 2.96. The first kappa shape index (κ1) is 21.2. The maximum Gasteiger partial charge on any atom is 0.335 e. The molecule has 29 heavy (non-hydrogen) atoms. The van der Waals surface area contributed by atoms with Gasteiger partial charge in [0.1, 0.15) is 5.75 Å². The van der Waals surface area contributed by atoms with Crippen molar-refractivity contribution >= 4 is 63.8 Å². The highest BCUT2D eigenvalue weighted by atomic mass is 35.5. The minimum Gasteiger partial charge on any atom is -0.495 e. The molecular weight excluding hydrogens is 435 g/mol. The molecule has 9 heteroatoms. The van der Waals surface area contributed by atoms with E-state index in [9.17, 15) is 9.59 Å². The molecule has 1 aliphatic heterocycles. The van der Waals surface area contributed by atoms with Crippen LogP contribution in [0.15, 0.2) is 46.3 Å². The van der Waals surface area contributed by atoms with E-state index in [-0.39, 0.29) is 11.5 Å². The number of rotatable bonds is 5. The lowest BCUT2D eigenvalue weighted by Crippen LogP contribution is -2.28. The standard InChI is InChI=1S/C20H16Cl2N2O4S/c1-3-24-18(25)16(9-12-8-13(21)10-15(22)17(12)28-2)29-20(24)23-14-6-4-11(5-7-14)19(26)27/h4-10H,3H2,1-2H3,(H,26,27). The average molecular weight is 451 g/mol. The highest BCUT2D eigenvalue weighted by Gasteiger charge is 2.32. The van der Waals surface area contributed by atoms with E-state index < -0.39 is 5.97 Å². The fourth-order valence-corrected chi connectivity index (χ4v) is 4.34. The third-order valence-corrected chi connectivity index (χ3v) is 5.58. The predicted octanol–water partition coefficient (Wildman–Crippen LogP) is 5.32. The first-order valence-corrected chi connectivity index (χ1v) is 10.1. The van der Waals surface area contributed by atoms with Crippen molar-refractivity contribution in [3.8, 4) is 5.75 Å². The van der Waals surface area contributed by atoms with Gasteiger partial charge >= 0.3 is 5.97 Å². The molecule has 2 aromatic rings. The maximum absolute atomic E-state index is 12.8. The molecule has 1 amide bonds. The Morgan fingerprint density at radius 1 is 1.28 bits per heavy atom. The number of carbonyl (C=O) groups is 2. The van der Waals surface area contributed by atoms with Gasteiger partial charge in [0.05, 0.1) is 28.3 Å². The van der Waals surface area contributed by atoms with Crippen molar-refractivity contribution in [2.24, 2.45) is 4.99 Å². The van der Waals surface area contributed by atoms with E-state index in [2.05, 4.69) is 4.99 Å². The molecule has 1 saturated heterocycles. The Kier molecular flexibility index (Phi) is 6.52. The van der Waals surface area contributed by atoms with Gasteiger partial charge in [-0.25, -0.2) is 9.79 Å². The Balaban J connectivity index is 1.97. The number of halogens is 2. The Labute approximate surface area is 181 Å². The number of ether oxygens (including phenoxy) is 1. The number of nitrogens with zero attached hydrogens (tertiary/aromatic N) is 2. The number of methoxy groups -OCH3 is 1. The van der Waals surface area contributed by atoms with E-state index >= 15 is 0 Å². The van der Waals surface area contributed by atoms with Crippen LogP contribution >= 0.6 is 35.0 Å². The second-order valence-electron chi connectivity index (χ2n) is 5.92. The number of carboxylic acids is 1. The highest BCUT2D eigenvalue weighted by molar-refractivity contribution is 8.18. The molecule has 1 aliphatic rings. The summed E-state index contributed by atoms with van der Waals surface area (Å²) in [5, 5.41) is 10.3. The summed E-state index contributed by atoms with van der Waals surface area (Å²) < 4.78 is 5.34. The van der Waals surface area contributed by atoms with E-state index in [1.807, 2.05) is 6.92 Å². The zero-order valence-electron chi connectivity index (χ0n) is 15.5. The number of carboxylic acid groups (broad SMARTS) is 1. The zero-order chi connectivity index (χ0) is 21.1. The minimum absolute atomic E-state index is 0.168. The molecule has 0 radical (unpaired) electrons. The van der Waals surface area contributed by atoms with Crippen LogP contribution in [0.2, 0.25) is 10.0 Å². The summed E-state index contributed by atoms with van der Waals surface area (Å²) in [6.45, 7) is 2.28. The first-order chi connectivity index (χ1) is 13.8. The van der Waals surface area contributed by atoms with Crippen LogP contribution in [0, 0.1) is 0 Å². The molecule has 1 N–H and O–H groups in total. The third-order valence-electron chi connectivity index (χ3n) is 4.07. The quantitative estimate of drug-likeness (QED) is 0.623. The topological polar surface area (TPSA) is 79.2 Å². The lowest BCUT2D eigenvalue weighted by Gasteiger charge is -2.12. The van der Waals surface area contributed by atoms with E-state index in [0.29, 0.717) is 43.7 Å². The molecule has 2 aromatic carbocycles. The van der Waals surface area contributed by atoms with Crippen LogP contribution < -0.4 is 4.74 Å². The molecule has 0 atom stereocenters. The number of hydrogen-bond acceptors (Lipinski definition) is 5. The van der Waals surface area contributed by atoms with Gasteiger partial charge < -0.3 is 9.84 Å². The van der Waals surface area contributed by atoms with Crippen molar-refractivity contribution in [2.45, 2.75) is 6.92 Å². The monoisotopic (exact) mass is 450 g/mol. The van der Waals surface area contributed by atoms with E-state index in [4.69, 9.17) is 33.0 Å². The molecular formula is C20H16Cl2N2O4S. The summed E-state index contributed by atoms with van der Waals surface area (Å²) in [6.07, 6.45) is 1.67. The first-order valence-electron chi connectivity index (χ1n) is 8.50. The summed E-state index contributed by atoms with van der Waals surface area (Å²) in [7, 11) is 1.49. The summed E-state index contributed by atoms with van der Waals surface area (Å²) in [5.41, 5.74) is 1.30. The summed E-state index contributed by atoms with van der Waals surface area (Å²) in [5.74, 6) is -0.782. The molecule has 3 rings (SSSR count). The van der Waals surface area contributed by atoms with Crippen molar-refractivity contribution in [2.75, 3.05) is 13.7 Å². The highest BCUT2D eigenvalue weighted by Crippen LogP contribution is 2.38. The lowest BCUT2D eigenvalue weighted by atomic mass is 10.2. The molecule has 0 unspecified atom stereocenters. The summed E-state index contributed by atoms with van der Waals surface area (Å²) in [6, 6.07) is 9.36. The summed E-state index contributed by atoms with van der Waals surface area (Å²) in [4.78, 5) is 30.3. The van der Waals surface area contributed by atoms with E-state index in [1.54, 1.807) is 35.2 Å². The van der Waals surface area contributed by atoms with Crippen LogP contribution in [0.4, 0.5) is 5.69 Å². The van der Waals surface area contributed by atoms with Gasteiger partial charge in [0.2, 0.25) is 0 Å². The van der Waals surface area contributed by atoms with Gasteiger partial charge in [-0.3, -0.25) is 9.69 Å². The van der Waals surface area contributed by atoms with Crippen molar-refractivity contribution in [3.63, 3.8) is 0 Å². The van der Waals surface area contributed by atoms with E-state index in [0.717, 1.165) is 0 Å². The fraction of sp³-hybridized carbons (Fsp3) is 0.150. The van der Waals surface area contributed by atoms with Crippen LogP contribution in [0.3, 0.4) is 0 Å². The van der Waals surface area contributed by atoms with E-state index in [1.165, 1.54) is 31.0 Å². The number of carbonyl (C=O) groups excluding carboxylic acids is 1. The maximum atomic E-state index is 12.8. The smallest absolute Gasteiger partial charge is 0.335 e. The van der Waals surface area contributed by atoms with Crippen LogP contribution in [0.25, 0.3) is 6.08 Å². The van der Waals surface area contributed by atoms with Gasteiger partial charge in [-0.15, -0.1) is 0 Å². The van der Waals surface area contributed by atoms with Gasteiger partial charge in [-0.05, 0) is 61.2 Å². The van der Waals surface area contributed by atoms with Crippen molar-refractivity contribution in [1.82, 2.24) is 4.90 Å². The number of aliphatic imine (C=N–C) groups is 1. The molecule has 0 aliphatic carbocycles. The Morgan fingerprint density at radius 2 is 1.97 bits per heavy atom. The second-order valence-corrected chi connectivity index (χ2v) is 7.77. The number of likely N-dealkylation sites (N-methyl/N-ethyl adjacent to an activating group) is 1. The third kappa shape index (κ3) is 4.58. The second kappa shape index (κ2) is 8.90. The van der Waals surface area contributed by atoms with Crippen LogP contribution in [-0.4, -0.2) is 40.7 Å². The molecule has 6 nitrogen and oxygen atoms in total. The van der Waals surface area contributed by atoms with Crippen molar-refractivity contribution < 1.29 is 19.4 Å². The Morgan fingerprint density at radius 3 is 2.55 bits per heavy atom. The fourth-order valence-electron chi connectivity index (χ4n) is 2.70. The molecule has 0 spiro atoms. The predicted molar refractivity (Wildman–Crippen MR) is 116 cm³/mol. The van der Waals surface area contributed by atoms with Crippen LogP contribution in [0.1, 0.15) is 22.8 Å². The van der Waals surface area contributed by atoms with Gasteiger partial charge in [0, 0.05) is 17.1 Å². The number of hydrogen-bond donors (Lipinski definition) is 1. The van der Waals surface area contributed by atoms with Gasteiger partial charge in [0.25, 0.3) is 5.91 Å². The normalized spacial score (nSPS) is 16.7. The molecule has 0 saturated carbocycles. The molecule has 0 aromatic heterocycles. The number of thioether (sulfide) groups is 1. The number of aromatic carboxylic acids is 1. The number of benzene rings is 2. The number of amidine groups is 1. The van der Waals surface area contributed by atoms with Crippen LogP contribution in [0.5, 0.6) is 5.75 Å². The summed E-state index contributed by atoms with van der Waals surface area (Å²) >= 11 is 13.5. The molecule has 1 heterocycles. The lowest BCUT2D eigenvalue weighted by molar-refractivity contribution is -0.122. The minimum atomic E-state index is -1.01. The van der Waals surface area contributed by atoms with Gasteiger partial charge in [0.15, 0.2) is 5.17 Å². The SMILES string of the molecule is CCN1C(=O)C(=Cc2cc(Cl)cc(Cl)c2OC)SC1=Nc1ccc(C(=O)O)cc1. The van der Waals surface area contributed by atoms with Gasteiger partial charge in [-0.1, -0.05) is 23.2 Å². The van der Waals surface area contributed by atoms with Gasteiger partial charge in [-0.2, -0.15) is 0 Å². The number of amides is 1. The zero-order valence-corrected chi connectivity index (χ0v) is 17.8. The largest absolute Gasteiger partial charge is 0.495 e. The van der Waals surface area contributed by atoms with Crippen molar-refractivity contribution in [3.05, 3.63) is 62.5 Å². The van der Waals surface area contributed by atoms with Crippen molar-refractivity contribution in [1.29, 1.82) is 0 Å². The molecule has 0 bridgehead atoms. The Bertz CT molecular complexity index is 1040.